The minimum atomic E-state index is -1.00. The molecule has 7 heteroatoms. The summed E-state index contributed by atoms with van der Waals surface area (Å²) < 4.78 is 5.58. The monoisotopic (exact) mass is 460 g/mol. The molecule has 3 fully saturated rings. The second-order valence-electron chi connectivity index (χ2n) is 10.2. The van der Waals surface area contributed by atoms with Gasteiger partial charge in [0.15, 0.2) is 0 Å². The van der Waals surface area contributed by atoms with E-state index < -0.39 is 18.1 Å². The number of alkyl carbamates (subject to hydrolysis) is 1. The number of aliphatic carboxylic acids is 1. The lowest BCUT2D eigenvalue weighted by molar-refractivity contribution is -0.137. The van der Waals surface area contributed by atoms with Crippen LogP contribution in [0.25, 0.3) is 11.1 Å². The third kappa shape index (κ3) is 3.29. The minimum absolute atomic E-state index is 0.0259. The summed E-state index contributed by atoms with van der Waals surface area (Å²) in [6.45, 7) is 0.141. The minimum Gasteiger partial charge on any atom is -0.481 e. The Morgan fingerprint density at radius 1 is 0.941 bits per heavy atom. The van der Waals surface area contributed by atoms with Crippen molar-refractivity contribution in [3.8, 4) is 11.1 Å². The van der Waals surface area contributed by atoms with Gasteiger partial charge in [0.25, 0.3) is 0 Å². The van der Waals surface area contributed by atoms with E-state index in [2.05, 4.69) is 22.8 Å². The first-order chi connectivity index (χ1) is 16.4. The first-order valence-corrected chi connectivity index (χ1v) is 12.1. The molecule has 0 saturated heterocycles. The first kappa shape index (κ1) is 21.2. The number of benzene rings is 2. The molecule has 0 bridgehead atoms. The average molecular weight is 461 g/mol. The Morgan fingerprint density at radius 2 is 1.50 bits per heavy atom. The van der Waals surface area contributed by atoms with Crippen molar-refractivity contribution in [3.63, 3.8) is 0 Å². The maximum Gasteiger partial charge on any atom is 0.407 e. The molecule has 0 heterocycles. The Hall–Kier alpha value is -3.35. The van der Waals surface area contributed by atoms with Crippen LogP contribution >= 0.6 is 0 Å². The fourth-order valence-electron chi connectivity index (χ4n) is 6.42. The van der Waals surface area contributed by atoms with Crippen LogP contribution in [-0.2, 0) is 14.3 Å². The Kier molecular flexibility index (Phi) is 4.73. The van der Waals surface area contributed by atoms with Gasteiger partial charge in [-0.3, -0.25) is 9.59 Å². The highest BCUT2D eigenvalue weighted by molar-refractivity contribution is 5.87. The van der Waals surface area contributed by atoms with Crippen molar-refractivity contribution < 1.29 is 24.2 Å². The van der Waals surface area contributed by atoms with Crippen molar-refractivity contribution in [3.05, 3.63) is 59.7 Å². The molecule has 2 amide bonds. The van der Waals surface area contributed by atoms with Gasteiger partial charge in [0, 0.05) is 18.4 Å². The Labute approximate surface area is 197 Å². The molecule has 2 aromatic rings. The van der Waals surface area contributed by atoms with E-state index in [1.165, 1.54) is 0 Å². The van der Waals surface area contributed by atoms with Crippen LogP contribution in [0.15, 0.2) is 48.5 Å². The second kappa shape index (κ2) is 7.58. The number of rotatable bonds is 8. The summed E-state index contributed by atoms with van der Waals surface area (Å²) >= 11 is 0. The fraction of sp³-hybridized carbons (Fsp3) is 0.444. The lowest BCUT2D eigenvalue weighted by Gasteiger charge is -2.19. The molecular formula is C27H28N2O5. The maximum atomic E-state index is 13.0. The molecule has 1 unspecified atom stereocenters. The zero-order chi connectivity index (χ0) is 23.5. The van der Waals surface area contributed by atoms with Crippen LogP contribution in [0.5, 0.6) is 0 Å². The summed E-state index contributed by atoms with van der Waals surface area (Å²) in [5, 5.41) is 14.9. The fourth-order valence-corrected chi connectivity index (χ4v) is 6.42. The van der Waals surface area contributed by atoms with Crippen LogP contribution in [0.4, 0.5) is 4.79 Å². The number of amides is 2. The van der Waals surface area contributed by atoms with Crippen molar-refractivity contribution >= 4 is 18.0 Å². The number of carbonyl (C=O) groups is 3. The van der Waals surface area contributed by atoms with Gasteiger partial charge in [0.05, 0.1) is 0 Å². The van der Waals surface area contributed by atoms with Gasteiger partial charge >= 0.3 is 12.1 Å². The van der Waals surface area contributed by atoms with Crippen LogP contribution in [0.1, 0.15) is 55.6 Å². The van der Waals surface area contributed by atoms with E-state index in [1.807, 2.05) is 36.4 Å². The van der Waals surface area contributed by atoms with Crippen molar-refractivity contribution in [1.29, 1.82) is 0 Å². The number of carboxylic acid groups (broad SMARTS) is 1. The lowest BCUT2D eigenvalue weighted by atomic mass is 9.98. The van der Waals surface area contributed by atoms with Gasteiger partial charge in [-0.15, -0.1) is 0 Å². The lowest BCUT2D eigenvalue weighted by Crippen LogP contribution is -2.48. The Bertz CT molecular complexity index is 1120. The van der Waals surface area contributed by atoms with E-state index in [0.29, 0.717) is 0 Å². The quantitative estimate of drug-likeness (QED) is 0.556. The molecule has 2 aromatic carbocycles. The van der Waals surface area contributed by atoms with E-state index in [1.54, 1.807) is 0 Å². The van der Waals surface area contributed by atoms with E-state index in [4.69, 9.17) is 9.84 Å². The number of carbonyl (C=O) groups excluding carboxylic acids is 2. The average Bonchev–Trinajstić information content (AvgIpc) is 3.78. The van der Waals surface area contributed by atoms with Crippen molar-refractivity contribution in [2.24, 2.45) is 10.8 Å². The van der Waals surface area contributed by atoms with E-state index in [0.717, 1.165) is 47.9 Å². The molecule has 0 aliphatic heterocycles. The normalized spacial score (nSPS) is 20.8. The number of hydrogen-bond acceptors (Lipinski definition) is 4. The third-order valence-electron chi connectivity index (χ3n) is 8.48. The summed E-state index contributed by atoms with van der Waals surface area (Å²) in [6, 6.07) is 15.4. The molecule has 0 aromatic heterocycles. The van der Waals surface area contributed by atoms with Gasteiger partial charge in [-0.05, 0) is 65.2 Å². The zero-order valence-electron chi connectivity index (χ0n) is 18.9. The van der Waals surface area contributed by atoms with E-state index >= 15 is 0 Å². The molecule has 34 heavy (non-hydrogen) atoms. The van der Waals surface area contributed by atoms with Gasteiger partial charge in [0.2, 0.25) is 5.91 Å². The molecule has 176 valence electrons. The van der Waals surface area contributed by atoms with Crippen molar-refractivity contribution in [2.75, 3.05) is 6.61 Å². The van der Waals surface area contributed by atoms with Crippen LogP contribution in [-0.4, -0.2) is 41.8 Å². The van der Waals surface area contributed by atoms with Crippen LogP contribution in [0.3, 0.4) is 0 Å². The molecule has 0 radical (unpaired) electrons. The van der Waals surface area contributed by atoms with Crippen molar-refractivity contribution in [1.82, 2.24) is 10.6 Å². The predicted octanol–water partition coefficient (Wildman–Crippen LogP) is 3.82. The highest BCUT2D eigenvalue weighted by Gasteiger charge is 2.87. The highest BCUT2D eigenvalue weighted by atomic mass is 16.5. The second-order valence-corrected chi connectivity index (χ2v) is 10.2. The molecule has 6 rings (SSSR count). The smallest absolute Gasteiger partial charge is 0.407 e. The summed E-state index contributed by atoms with van der Waals surface area (Å²) in [7, 11) is 0. The third-order valence-corrected chi connectivity index (χ3v) is 8.48. The summed E-state index contributed by atoms with van der Waals surface area (Å²) in [5.74, 6) is -1.40. The Morgan fingerprint density at radius 3 is 2.03 bits per heavy atom. The topological polar surface area (TPSA) is 105 Å². The Balaban J connectivity index is 1.11. The van der Waals surface area contributed by atoms with Crippen molar-refractivity contribution in [2.45, 2.75) is 56.5 Å². The molecule has 4 aliphatic carbocycles. The molecular weight excluding hydrogens is 432 g/mol. The highest BCUT2D eigenvalue weighted by Crippen LogP contribution is 2.88. The molecule has 7 nitrogen and oxygen atoms in total. The number of nitrogens with one attached hydrogen (secondary N) is 2. The maximum absolute atomic E-state index is 13.0. The number of hydrogen-bond donors (Lipinski definition) is 3. The zero-order valence-corrected chi connectivity index (χ0v) is 18.9. The van der Waals surface area contributed by atoms with Gasteiger partial charge in [-0.2, -0.15) is 0 Å². The largest absolute Gasteiger partial charge is 0.481 e. The summed E-state index contributed by atoms with van der Waals surface area (Å²) in [6.07, 6.45) is 3.72. The number of fused-ring (bicyclic) bond motifs is 4. The van der Waals surface area contributed by atoms with Crippen LogP contribution in [0.2, 0.25) is 0 Å². The molecule has 1 atom stereocenters. The van der Waals surface area contributed by atoms with Crippen LogP contribution < -0.4 is 10.6 Å². The SMILES string of the molecule is O=C(O)CCC(NC(=O)OCC1c2ccccc2-c2ccccc21)C(=O)NC1C2(CC2)C12CC2. The summed E-state index contributed by atoms with van der Waals surface area (Å²) in [4.78, 5) is 36.8. The molecule has 3 N–H and O–H groups in total. The predicted molar refractivity (Wildman–Crippen MR) is 124 cm³/mol. The van der Waals surface area contributed by atoms with Crippen LogP contribution in [0, 0.1) is 10.8 Å². The van der Waals surface area contributed by atoms with E-state index in [9.17, 15) is 14.4 Å². The number of ether oxygens (including phenoxy) is 1. The molecule has 3 saturated carbocycles. The van der Waals surface area contributed by atoms with Gasteiger partial charge < -0.3 is 20.5 Å². The first-order valence-electron chi connectivity index (χ1n) is 12.1. The van der Waals surface area contributed by atoms with Gasteiger partial charge in [-0.1, -0.05) is 48.5 Å². The summed E-state index contributed by atoms with van der Waals surface area (Å²) in [5.41, 5.74) is 5.05. The van der Waals surface area contributed by atoms with Gasteiger partial charge in [-0.25, -0.2) is 4.79 Å². The molecule has 2 spiro atoms. The number of carboxylic acids is 1. The molecule has 4 aliphatic rings. The van der Waals surface area contributed by atoms with Gasteiger partial charge in [0.1, 0.15) is 12.6 Å². The van der Waals surface area contributed by atoms with E-state index in [-0.39, 0.29) is 48.1 Å². The standard InChI is InChI=1S/C27H28N2O5/c30-22(31)10-9-21(23(32)29-24-26(11-12-26)27(24)13-14-27)28-25(33)34-15-20-18-7-3-1-5-16(18)17-6-2-4-8-19(17)20/h1-8,20-21,24H,9-15H2,(H,28,33)(H,29,32)(H,30,31).